The lowest BCUT2D eigenvalue weighted by Gasteiger charge is -1.87. The molecule has 0 unspecified atom stereocenters. The van der Waals surface area contributed by atoms with Gasteiger partial charge in [0.25, 0.3) is 0 Å². The normalized spacial score (nSPS) is 22.4. The molecule has 0 saturated heterocycles. The van der Waals surface area contributed by atoms with Crippen molar-refractivity contribution in [2.45, 2.75) is 39.0 Å². The molecule has 2 rings (SSSR count). The minimum Gasteiger partial charge on any atom is -0.384 e. The van der Waals surface area contributed by atoms with E-state index in [4.69, 9.17) is 4.74 Å². The van der Waals surface area contributed by atoms with E-state index in [-0.39, 0.29) is 0 Å². The maximum Gasteiger partial charge on any atom is 0.0490 e. The Bertz CT molecular complexity index is 93.0. The summed E-state index contributed by atoms with van der Waals surface area (Å²) >= 11 is 0. The van der Waals surface area contributed by atoms with Crippen LogP contribution in [0.25, 0.3) is 0 Å². The van der Waals surface area contributed by atoms with Crippen molar-refractivity contribution in [2.24, 2.45) is 11.8 Å². The summed E-state index contributed by atoms with van der Waals surface area (Å²) in [5, 5.41) is 0. The smallest absolute Gasteiger partial charge is 0.0490 e. The highest BCUT2D eigenvalue weighted by molar-refractivity contribution is 4.71. The highest BCUT2D eigenvalue weighted by Crippen LogP contribution is 2.31. The average Bonchev–Trinajstić information content (AvgIpc) is 2.87. The molecule has 0 N–H and O–H groups in total. The highest BCUT2D eigenvalue weighted by atomic mass is 16.5. The quantitative estimate of drug-likeness (QED) is 0.610. The third kappa shape index (κ3) is 5.25. The molecule has 1 nitrogen and oxygen atoms in total. The largest absolute Gasteiger partial charge is 0.384 e. The van der Waals surface area contributed by atoms with Gasteiger partial charge in [0, 0.05) is 13.7 Å². The Labute approximate surface area is 70.1 Å². The van der Waals surface area contributed by atoms with Gasteiger partial charge in [-0.25, -0.2) is 0 Å². The maximum atomic E-state index is 4.87. The van der Waals surface area contributed by atoms with Crippen molar-refractivity contribution in [1.29, 1.82) is 0 Å². The monoisotopic (exact) mass is 156 g/mol. The first-order valence-corrected chi connectivity index (χ1v) is 4.85. The topological polar surface area (TPSA) is 9.23 Å². The van der Waals surface area contributed by atoms with E-state index in [9.17, 15) is 0 Å². The first kappa shape index (κ1) is 9.05. The zero-order chi connectivity index (χ0) is 8.10. The molecule has 0 aliphatic heterocycles. The van der Waals surface area contributed by atoms with E-state index in [1.165, 1.54) is 32.1 Å². The van der Waals surface area contributed by atoms with E-state index in [0.29, 0.717) is 0 Å². The molecule has 0 aromatic rings. The lowest BCUT2D eigenvalue weighted by molar-refractivity contribution is 0.186. The summed E-state index contributed by atoms with van der Waals surface area (Å²) in [6, 6.07) is 0. The van der Waals surface area contributed by atoms with Crippen LogP contribution in [0.1, 0.15) is 39.0 Å². The molecule has 2 fully saturated rings. The summed E-state index contributed by atoms with van der Waals surface area (Å²) in [7, 11) is 1.76. The summed E-state index contributed by atoms with van der Waals surface area (Å²) < 4.78 is 4.87. The van der Waals surface area contributed by atoms with Gasteiger partial charge in [0.05, 0.1) is 0 Å². The van der Waals surface area contributed by atoms with Gasteiger partial charge in [0.15, 0.2) is 0 Å². The van der Waals surface area contributed by atoms with Gasteiger partial charge in [0.1, 0.15) is 0 Å². The Kier molecular flexibility index (Phi) is 3.92. The Balaban J connectivity index is 0.000000112. The number of hydrogen-bond donors (Lipinski definition) is 0. The van der Waals surface area contributed by atoms with E-state index in [2.05, 4.69) is 6.92 Å². The second kappa shape index (κ2) is 4.76. The number of rotatable bonds is 3. The molecule has 0 heterocycles. The van der Waals surface area contributed by atoms with Crippen LogP contribution in [0.15, 0.2) is 0 Å². The Morgan fingerprint density at radius 2 is 1.64 bits per heavy atom. The molecular weight excluding hydrogens is 136 g/mol. The molecule has 66 valence electrons. The summed E-state index contributed by atoms with van der Waals surface area (Å²) in [5.41, 5.74) is 0. The third-order valence-corrected chi connectivity index (χ3v) is 2.37. The predicted octanol–water partition coefficient (Wildman–Crippen LogP) is 2.85. The molecule has 0 aromatic heterocycles. The summed E-state index contributed by atoms with van der Waals surface area (Å²) in [6.45, 7) is 3.25. The first-order valence-electron chi connectivity index (χ1n) is 4.85. The minimum absolute atomic E-state index is 0.926. The first-order chi connectivity index (χ1) is 5.36. The van der Waals surface area contributed by atoms with Crippen LogP contribution >= 0.6 is 0 Å². The van der Waals surface area contributed by atoms with Gasteiger partial charge in [-0.2, -0.15) is 0 Å². The van der Waals surface area contributed by atoms with Crippen LogP contribution < -0.4 is 0 Å². The van der Waals surface area contributed by atoms with Crippen molar-refractivity contribution in [3.8, 4) is 0 Å². The predicted molar refractivity (Wildman–Crippen MR) is 47.6 cm³/mol. The zero-order valence-electron chi connectivity index (χ0n) is 7.81. The Hall–Kier alpha value is -0.0400. The molecule has 0 atom stereocenters. The van der Waals surface area contributed by atoms with Crippen LogP contribution in [-0.4, -0.2) is 13.7 Å². The van der Waals surface area contributed by atoms with Crippen molar-refractivity contribution < 1.29 is 4.74 Å². The fraction of sp³-hybridized carbons (Fsp3) is 1.00. The molecule has 0 aromatic carbocycles. The van der Waals surface area contributed by atoms with Gasteiger partial charge in [-0.3, -0.25) is 0 Å². The van der Waals surface area contributed by atoms with Crippen molar-refractivity contribution in [3.63, 3.8) is 0 Å². The Morgan fingerprint density at radius 3 is 1.73 bits per heavy atom. The third-order valence-electron chi connectivity index (χ3n) is 2.37. The van der Waals surface area contributed by atoms with Gasteiger partial charge in [-0.05, 0) is 24.7 Å². The fourth-order valence-corrected chi connectivity index (χ4v) is 1.05. The van der Waals surface area contributed by atoms with Crippen LogP contribution in [0.2, 0.25) is 0 Å². The van der Waals surface area contributed by atoms with Crippen LogP contribution in [0.5, 0.6) is 0 Å². The molecule has 2 aliphatic rings. The highest BCUT2D eigenvalue weighted by Gasteiger charge is 2.20. The minimum atomic E-state index is 0.926. The number of hydrogen-bond acceptors (Lipinski definition) is 1. The van der Waals surface area contributed by atoms with Crippen LogP contribution in [-0.2, 0) is 4.74 Å². The molecule has 1 heteroatoms. The van der Waals surface area contributed by atoms with Crippen molar-refractivity contribution in [2.75, 3.05) is 13.7 Å². The second-order valence-electron chi connectivity index (χ2n) is 3.75. The van der Waals surface area contributed by atoms with Crippen molar-refractivity contribution in [1.82, 2.24) is 0 Å². The van der Waals surface area contributed by atoms with Crippen molar-refractivity contribution >= 4 is 0 Å². The standard InChI is InChI=1S/C5H10O.C5H10/c1-6-4-5-2-3-5;1-2-5-3-4-5/h5H,2-4H2,1H3;5H,2-4H2,1H3. The van der Waals surface area contributed by atoms with Crippen molar-refractivity contribution in [3.05, 3.63) is 0 Å². The van der Waals surface area contributed by atoms with Gasteiger partial charge < -0.3 is 4.74 Å². The lowest BCUT2D eigenvalue weighted by Crippen LogP contribution is -1.87. The molecule has 0 bridgehead atoms. The SMILES string of the molecule is CCC1CC1.COCC1CC1. The summed E-state index contributed by atoms with van der Waals surface area (Å²) in [5.74, 6) is 2.06. The van der Waals surface area contributed by atoms with Gasteiger partial charge >= 0.3 is 0 Å². The summed E-state index contributed by atoms with van der Waals surface area (Å²) in [6.07, 6.45) is 7.23. The maximum absolute atomic E-state index is 4.87. The fourth-order valence-electron chi connectivity index (χ4n) is 1.05. The van der Waals surface area contributed by atoms with E-state index >= 15 is 0 Å². The Morgan fingerprint density at radius 1 is 1.09 bits per heavy atom. The van der Waals surface area contributed by atoms with Crippen LogP contribution in [0.3, 0.4) is 0 Å². The zero-order valence-corrected chi connectivity index (χ0v) is 7.81. The van der Waals surface area contributed by atoms with Gasteiger partial charge in [0.2, 0.25) is 0 Å². The van der Waals surface area contributed by atoms with E-state index in [1.807, 2.05) is 0 Å². The van der Waals surface area contributed by atoms with E-state index < -0.39 is 0 Å². The van der Waals surface area contributed by atoms with E-state index in [0.717, 1.165) is 18.4 Å². The molecule has 2 saturated carbocycles. The lowest BCUT2D eigenvalue weighted by atomic mass is 10.3. The number of methoxy groups -OCH3 is 1. The van der Waals surface area contributed by atoms with Crippen LogP contribution in [0.4, 0.5) is 0 Å². The average molecular weight is 156 g/mol. The van der Waals surface area contributed by atoms with Gasteiger partial charge in [-0.15, -0.1) is 0 Å². The molecule has 11 heavy (non-hydrogen) atoms. The van der Waals surface area contributed by atoms with Crippen LogP contribution in [0, 0.1) is 11.8 Å². The molecule has 0 radical (unpaired) electrons. The number of ether oxygens (including phenoxy) is 1. The molecule has 2 aliphatic carbocycles. The van der Waals surface area contributed by atoms with E-state index in [1.54, 1.807) is 7.11 Å². The molecule has 0 amide bonds. The second-order valence-corrected chi connectivity index (χ2v) is 3.75. The molecular formula is C10H20O. The summed E-state index contributed by atoms with van der Waals surface area (Å²) in [4.78, 5) is 0. The van der Waals surface area contributed by atoms with Gasteiger partial charge in [-0.1, -0.05) is 26.2 Å². The molecule has 0 spiro atoms.